The van der Waals surface area contributed by atoms with Crippen LogP contribution in [0.4, 0.5) is 11.4 Å². The average Bonchev–Trinajstić information content (AvgIpc) is 2.64. The predicted molar refractivity (Wildman–Crippen MR) is 103 cm³/mol. The third kappa shape index (κ3) is 4.38. The molecule has 4 nitrogen and oxygen atoms in total. The van der Waals surface area contributed by atoms with Crippen LogP contribution in [0.2, 0.25) is 0 Å². The van der Waals surface area contributed by atoms with Crippen molar-refractivity contribution in [2.45, 2.75) is 58.4 Å². The molecule has 1 fully saturated rings. The number of anilines is 2. The molecule has 1 amide bonds. The predicted octanol–water partition coefficient (Wildman–Crippen LogP) is 4.95. The van der Waals surface area contributed by atoms with Gasteiger partial charge in [-0.3, -0.25) is 4.79 Å². The average molecular weight is 337 g/mol. The van der Waals surface area contributed by atoms with Crippen LogP contribution in [0.25, 0.3) is 0 Å². The normalized spacial score (nSPS) is 15.0. The lowest BCUT2D eigenvalue weighted by Gasteiger charge is -2.23. The summed E-state index contributed by atoms with van der Waals surface area (Å²) in [4.78, 5) is 16.9. The van der Waals surface area contributed by atoms with E-state index in [2.05, 4.69) is 22.5 Å². The molecule has 1 saturated carbocycles. The highest BCUT2D eigenvalue weighted by Crippen LogP contribution is 2.23. The number of hydrogen-bond donors (Lipinski definition) is 2. The zero-order valence-electron chi connectivity index (χ0n) is 15.1. The van der Waals surface area contributed by atoms with E-state index in [4.69, 9.17) is 0 Å². The number of amides is 1. The Balaban J connectivity index is 1.67. The number of aromatic nitrogens is 1. The van der Waals surface area contributed by atoms with Crippen LogP contribution in [0.3, 0.4) is 0 Å². The first-order valence-electron chi connectivity index (χ1n) is 9.30. The van der Waals surface area contributed by atoms with E-state index in [1.807, 2.05) is 31.2 Å². The lowest BCUT2D eigenvalue weighted by atomic mass is 9.95. The van der Waals surface area contributed by atoms with Gasteiger partial charge in [0.15, 0.2) is 0 Å². The van der Waals surface area contributed by atoms with Crippen LogP contribution < -0.4 is 10.6 Å². The van der Waals surface area contributed by atoms with Crippen molar-refractivity contribution in [2.75, 3.05) is 10.6 Å². The molecule has 0 radical (unpaired) electrons. The van der Waals surface area contributed by atoms with Gasteiger partial charge in [-0.05, 0) is 49.4 Å². The van der Waals surface area contributed by atoms with Crippen LogP contribution in [0.1, 0.15) is 60.6 Å². The molecule has 2 aromatic rings. The van der Waals surface area contributed by atoms with Gasteiger partial charge < -0.3 is 10.6 Å². The van der Waals surface area contributed by atoms with Crippen LogP contribution in [-0.4, -0.2) is 16.9 Å². The summed E-state index contributed by atoms with van der Waals surface area (Å²) in [6, 6.07) is 10.4. The van der Waals surface area contributed by atoms with E-state index in [1.165, 1.54) is 32.1 Å². The molecule has 3 rings (SSSR count). The fourth-order valence-electron chi connectivity index (χ4n) is 3.48. The molecule has 0 unspecified atom stereocenters. The zero-order chi connectivity index (χ0) is 17.6. The molecular formula is C21H27N3O. The molecule has 0 spiro atoms. The number of carbonyl (C=O) groups excluding carboxylic acids is 1. The Bertz CT molecular complexity index is 718. The van der Waals surface area contributed by atoms with Gasteiger partial charge >= 0.3 is 0 Å². The first-order valence-corrected chi connectivity index (χ1v) is 9.30. The van der Waals surface area contributed by atoms with Crippen molar-refractivity contribution in [3.05, 3.63) is 53.3 Å². The van der Waals surface area contributed by atoms with E-state index in [0.29, 0.717) is 11.7 Å². The molecule has 0 atom stereocenters. The monoisotopic (exact) mass is 337 g/mol. The summed E-state index contributed by atoms with van der Waals surface area (Å²) in [7, 11) is 0. The molecular weight excluding hydrogens is 310 g/mol. The molecule has 1 aromatic carbocycles. The molecule has 4 heteroatoms. The first kappa shape index (κ1) is 17.5. The van der Waals surface area contributed by atoms with E-state index in [0.717, 1.165) is 28.9 Å². The first-order chi connectivity index (χ1) is 12.2. The summed E-state index contributed by atoms with van der Waals surface area (Å²) in [6.45, 7) is 4.10. The van der Waals surface area contributed by atoms with Crippen molar-refractivity contribution in [1.29, 1.82) is 0 Å². The highest BCUT2D eigenvalue weighted by molar-refractivity contribution is 6.03. The van der Waals surface area contributed by atoms with Gasteiger partial charge in [0.25, 0.3) is 5.91 Å². The Labute approximate surface area is 150 Å². The molecule has 1 heterocycles. The van der Waals surface area contributed by atoms with Crippen LogP contribution in [0.15, 0.2) is 36.5 Å². The van der Waals surface area contributed by atoms with Crippen molar-refractivity contribution in [1.82, 2.24) is 4.98 Å². The van der Waals surface area contributed by atoms with E-state index >= 15 is 0 Å². The molecule has 25 heavy (non-hydrogen) atoms. The molecule has 1 aliphatic rings. The van der Waals surface area contributed by atoms with Crippen LogP contribution >= 0.6 is 0 Å². The smallest absolute Gasteiger partial charge is 0.274 e. The lowest BCUT2D eigenvalue weighted by Crippen LogP contribution is -2.22. The van der Waals surface area contributed by atoms with Crippen LogP contribution in [0, 0.1) is 6.92 Å². The Morgan fingerprint density at radius 1 is 1.16 bits per heavy atom. The second kappa shape index (κ2) is 8.15. The molecule has 0 saturated heterocycles. The van der Waals surface area contributed by atoms with Gasteiger partial charge in [0, 0.05) is 11.7 Å². The maximum atomic E-state index is 12.5. The van der Waals surface area contributed by atoms with Crippen molar-refractivity contribution in [3.8, 4) is 0 Å². The van der Waals surface area contributed by atoms with E-state index < -0.39 is 0 Å². The van der Waals surface area contributed by atoms with E-state index in [-0.39, 0.29) is 5.91 Å². The number of nitrogens with zero attached hydrogens (tertiary/aromatic N) is 1. The van der Waals surface area contributed by atoms with Gasteiger partial charge in [-0.2, -0.15) is 0 Å². The van der Waals surface area contributed by atoms with Gasteiger partial charge in [-0.1, -0.05) is 44.4 Å². The molecule has 0 bridgehead atoms. The minimum atomic E-state index is -0.159. The maximum absolute atomic E-state index is 12.5. The van der Waals surface area contributed by atoms with Crippen LogP contribution in [-0.2, 0) is 6.42 Å². The summed E-state index contributed by atoms with van der Waals surface area (Å²) in [5.74, 6) is -0.159. The van der Waals surface area contributed by atoms with Gasteiger partial charge in [-0.15, -0.1) is 0 Å². The van der Waals surface area contributed by atoms with Crippen molar-refractivity contribution in [2.24, 2.45) is 0 Å². The second-order valence-corrected chi connectivity index (χ2v) is 6.83. The fourth-order valence-corrected chi connectivity index (χ4v) is 3.48. The molecule has 0 aliphatic heterocycles. The minimum Gasteiger partial charge on any atom is -0.381 e. The van der Waals surface area contributed by atoms with Crippen molar-refractivity contribution < 1.29 is 4.79 Å². The largest absolute Gasteiger partial charge is 0.381 e. The maximum Gasteiger partial charge on any atom is 0.274 e. The Kier molecular flexibility index (Phi) is 5.69. The number of aryl methyl sites for hydroxylation is 2. The number of para-hydroxylation sites is 1. The summed E-state index contributed by atoms with van der Waals surface area (Å²) in [5, 5.41) is 6.55. The quantitative estimate of drug-likeness (QED) is 0.811. The standard InChI is InChI=1S/C21H27N3O/c1-3-16-9-7-8-15(2)20(16)24-21(25)19-13-12-18(14-22-19)23-17-10-5-4-6-11-17/h7-9,12-14,17,23H,3-6,10-11H2,1-2H3,(H,24,25). The van der Waals surface area contributed by atoms with Crippen molar-refractivity contribution >= 4 is 17.3 Å². The van der Waals surface area contributed by atoms with E-state index in [1.54, 1.807) is 12.3 Å². The summed E-state index contributed by atoms with van der Waals surface area (Å²) in [6.07, 6.45) is 9.01. The molecule has 1 aromatic heterocycles. The SMILES string of the molecule is CCc1cccc(C)c1NC(=O)c1ccc(NC2CCCCC2)cn1. The number of rotatable bonds is 5. The topological polar surface area (TPSA) is 54.0 Å². The summed E-state index contributed by atoms with van der Waals surface area (Å²) in [5.41, 5.74) is 4.56. The van der Waals surface area contributed by atoms with Gasteiger partial charge in [0.2, 0.25) is 0 Å². The van der Waals surface area contributed by atoms with Gasteiger partial charge in [0.1, 0.15) is 5.69 Å². The van der Waals surface area contributed by atoms with E-state index in [9.17, 15) is 4.79 Å². The molecule has 2 N–H and O–H groups in total. The zero-order valence-corrected chi connectivity index (χ0v) is 15.1. The Morgan fingerprint density at radius 3 is 2.64 bits per heavy atom. The van der Waals surface area contributed by atoms with Crippen molar-refractivity contribution in [3.63, 3.8) is 0 Å². The number of benzene rings is 1. The number of pyridine rings is 1. The highest BCUT2D eigenvalue weighted by Gasteiger charge is 2.14. The number of hydrogen-bond acceptors (Lipinski definition) is 3. The number of nitrogens with one attached hydrogen (secondary N) is 2. The lowest BCUT2D eigenvalue weighted by molar-refractivity contribution is 0.102. The van der Waals surface area contributed by atoms with Gasteiger partial charge in [0.05, 0.1) is 11.9 Å². The minimum absolute atomic E-state index is 0.159. The number of carbonyl (C=O) groups is 1. The summed E-state index contributed by atoms with van der Waals surface area (Å²) >= 11 is 0. The Hall–Kier alpha value is -2.36. The molecule has 1 aliphatic carbocycles. The second-order valence-electron chi connectivity index (χ2n) is 6.83. The van der Waals surface area contributed by atoms with Gasteiger partial charge in [-0.25, -0.2) is 4.98 Å². The molecule has 132 valence electrons. The third-order valence-corrected chi connectivity index (χ3v) is 4.95. The fraction of sp³-hybridized carbons (Fsp3) is 0.429. The summed E-state index contributed by atoms with van der Waals surface area (Å²) < 4.78 is 0. The Morgan fingerprint density at radius 2 is 1.96 bits per heavy atom. The van der Waals surface area contributed by atoms with Crippen LogP contribution in [0.5, 0.6) is 0 Å². The third-order valence-electron chi connectivity index (χ3n) is 4.95. The highest BCUT2D eigenvalue weighted by atomic mass is 16.1.